The van der Waals surface area contributed by atoms with Crippen LogP contribution in [-0.2, 0) is 4.79 Å². The van der Waals surface area contributed by atoms with E-state index in [0.29, 0.717) is 5.92 Å². The summed E-state index contributed by atoms with van der Waals surface area (Å²) in [5, 5.41) is 6.38. The Hall–Kier alpha value is -1.00. The fraction of sp³-hybridized carbons (Fsp3) is 0.462. The summed E-state index contributed by atoms with van der Waals surface area (Å²) in [6.45, 7) is 4.09. The molecule has 1 fully saturated rings. The molecular formula is C13H16N2OS. The molecule has 2 atom stereocenters. The molecule has 0 saturated carbocycles. The number of amides is 1. The molecule has 0 aromatic heterocycles. The van der Waals surface area contributed by atoms with Gasteiger partial charge in [-0.2, -0.15) is 0 Å². The summed E-state index contributed by atoms with van der Waals surface area (Å²) < 4.78 is 0. The third kappa shape index (κ3) is 2.07. The molecule has 2 aliphatic rings. The van der Waals surface area contributed by atoms with Crippen LogP contribution in [0.25, 0.3) is 0 Å². The van der Waals surface area contributed by atoms with Crippen molar-refractivity contribution in [2.24, 2.45) is 0 Å². The zero-order chi connectivity index (χ0) is 11.8. The van der Waals surface area contributed by atoms with Gasteiger partial charge >= 0.3 is 0 Å². The highest BCUT2D eigenvalue weighted by molar-refractivity contribution is 8.00. The predicted octanol–water partition coefficient (Wildman–Crippen LogP) is 2.20. The van der Waals surface area contributed by atoms with E-state index in [1.807, 2.05) is 6.92 Å². The number of thioether (sulfide) groups is 1. The smallest absolute Gasteiger partial charge is 0.237 e. The van der Waals surface area contributed by atoms with Crippen LogP contribution in [-0.4, -0.2) is 24.2 Å². The highest BCUT2D eigenvalue weighted by Crippen LogP contribution is 2.37. The molecule has 1 amide bonds. The first kappa shape index (κ1) is 11.1. The number of benzene rings is 1. The lowest BCUT2D eigenvalue weighted by molar-refractivity contribution is -0.115. The van der Waals surface area contributed by atoms with Crippen LogP contribution in [0.3, 0.4) is 0 Å². The van der Waals surface area contributed by atoms with Crippen molar-refractivity contribution in [3.63, 3.8) is 0 Å². The van der Waals surface area contributed by atoms with Crippen molar-refractivity contribution in [3.05, 3.63) is 23.8 Å². The molecule has 2 N–H and O–H groups in total. The maximum absolute atomic E-state index is 11.6. The average Bonchev–Trinajstić information content (AvgIpc) is 2.83. The first-order valence-corrected chi connectivity index (χ1v) is 6.94. The van der Waals surface area contributed by atoms with Gasteiger partial charge in [0, 0.05) is 11.4 Å². The summed E-state index contributed by atoms with van der Waals surface area (Å²) in [6, 6.07) is 6.49. The summed E-state index contributed by atoms with van der Waals surface area (Å²) in [7, 11) is 0. The van der Waals surface area contributed by atoms with E-state index in [2.05, 4.69) is 28.8 Å². The second kappa shape index (κ2) is 4.35. The topological polar surface area (TPSA) is 41.1 Å². The van der Waals surface area contributed by atoms with Crippen LogP contribution in [0, 0.1) is 0 Å². The van der Waals surface area contributed by atoms with Gasteiger partial charge in [-0.15, -0.1) is 11.8 Å². The summed E-state index contributed by atoms with van der Waals surface area (Å²) in [4.78, 5) is 12.8. The lowest BCUT2D eigenvalue weighted by Crippen LogP contribution is -2.26. The molecule has 1 saturated heterocycles. The highest BCUT2D eigenvalue weighted by Gasteiger charge is 2.24. The third-order valence-corrected chi connectivity index (χ3v) is 4.64. The van der Waals surface area contributed by atoms with Gasteiger partial charge in [-0.1, -0.05) is 6.07 Å². The van der Waals surface area contributed by atoms with Crippen molar-refractivity contribution in [2.75, 3.05) is 18.4 Å². The predicted molar refractivity (Wildman–Crippen MR) is 70.6 cm³/mol. The van der Waals surface area contributed by atoms with Gasteiger partial charge in [0.2, 0.25) is 5.91 Å². The molecule has 2 heterocycles. The minimum atomic E-state index is 0.0153. The van der Waals surface area contributed by atoms with Crippen LogP contribution < -0.4 is 10.6 Å². The van der Waals surface area contributed by atoms with Crippen LogP contribution in [0.4, 0.5) is 5.69 Å². The first-order valence-electron chi connectivity index (χ1n) is 6.06. The van der Waals surface area contributed by atoms with Gasteiger partial charge < -0.3 is 10.6 Å². The Kier molecular flexibility index (Phi) is 2.84. The van der Waals surface area contributed by atoms with E-state index in [9.17, 15) is 4.79 Å². The molecule has 17 heavy (non-hydrogen) atoms. The lowest BCUT2D eigenvalue weighted by atomic mass is 9.98. The van der Waals surface area contributed by atoms with E-state index < -0.39 is 0 Å². The Labute approximate surface area is 105 Å². The van der Waals surface area contributed by atoms with Gasteiger partial charge in [0.25, 0.3) is 0 Å². The maximum Gasteiger partial charge on any atom is 0.237 e. The molecule has 2 unspecified atom stereocenters. The van der Waals surface area contributed by atoms with Crippen LogP contribution in [0.2, 0.25) is 0 Å². The second-order valence-electron chi connectivity index (χ2n) is 4.69. The Bertz CT molecular complexity index is 455. The van der Waals surface area contributed by atoms with Crippen molar-refractivity contribution in [2.45, 2.75) is 29.4 Å². The van der Waals surface area contributed by atoms with Gasteiger partial charge in [0.05, 0.1) is 10.9 Å². The van der Waals surface area contributed by atoms with E-state index in [0.717, 1.165) is 18.8 Å². The number of anilines is 1. The molecule has 1 aromatic rings. The van der Waals surface area contributed by atoms with Crippen molar-refractivity contribution in [1.82, 2.24) is 5.32 Å². The second-order valence-corrected chi connectivity index (χ2v) is 6.08. The number of hydrogen-bond acceptors (Lipinski definition) is 3. The number of rotatable bonds is 1. The fourth-order valence-electron chi connectivity index (χ4n) is 2.42. The zero-order valence-corrected chi connectivity index (χ0v) is 10.6. The van der Waals surface area contributed by atoms with Gasteiger partial charge in [-0.25, -0.2) is 0 Å². The number of nitrogens with one attached hydrogen (secondary N) is 2. The number of hydrogen-bond donors (Lipinski definition) is 2. The monoisotopic (exact) mass is 248 g/mol. The molecule has 4 heteroatoms. The van der Waals surface area contributed by atoms with Crippen LogP contribution in [0.5, 0.6) is 0 Å². The Morgan fingerprint density at radius 2 is 2.29 bits per heavy atom. The zero-order valence-electron chi connectivity index (χ0n) is 9.82. The number of fused-ring (bicyclic) bond motifs is 1. The molecule has 3 rings (SSSR count). The normalized spacial score (nSPS) is 27.7. The van der Waals surface area contributed by atoms with Crippen LogP contribution >= 0.6 is 11.8 Å². The summed E-state index contributed by atoms with van der Waals surface area (Å²) in [5.41, 5.74) is 2.33. The van der Waals surface area contributed by atoms with Gasteiger partial charge in [0.1, 0.15) is 0 Å². The van der Waals surface area contributed by atoms with Crippen molar-refractivity contribution >= 4 is 23.4 Å². The molecule has 0 aliphatic carbocycles. The minimum absolute atomic E-state index is 0.0153. The highest BCUT2D eigenvalue weighted by atomic mass is 32.2. The Morgan fingerprint density at radius 1 is 1.41 bits per heavy atom. The number of carbonyl (C=O) groups excluding carboxylic acids is 1. The van der Waals surface area contributed by atoms with E-state index in [-0.39, 0.29) is 11.2 Å². The standard InChI is InChI=1S/C13H16N2OS/c1-8-13(16)15-11-6-9(2-3-12(11)17-8)10-4-5-14-7-10/h2-3,6,8,10,14H,4-5,7H2,1H3,(H,15,16). The summed E-state index contributed by atoms with van der Waals surface area (Å²) >= 11 is 1.64. The Morgan fingerprint density at radius 3 is 3.06 bits per heavy atom. The van der Waals surface area contributed by atoms with Gasteiger partial charge in [-0.05, 0) is 43.5 Å². The fourth-order valence-corrected chi connectivity index (χ4v) is 3.35. The Balaban J connectivity index is 1.90. The first-order chi connectivity index (χ1) is 8.24. The summed E-state index contributed by atoms with van der Waals surface area (Å²) in [5.74, 6) is 0.714. The van der Waals surface area contributed by atoms with Gasteiger partial charge in [0.15, 0.2) is 0 Å². The molecule has 90 valence electrons. The summed E-state index contributed by atoms with van der Waals surface area (Å²) in [6.07, 6.45) is 1.19. The van der Waals surface area contributed by atoms with Gasteiger partial charge in [-0.3, -0.25) is 4.79 Å². The van der Waals surface area contributed by atoms with Crippen molar-refractivity contribution in [3.8, 4) is 0 Å². The van der Waals surface area contributed by atoms with Crippen molar-refractivity contribution < 1.29 is 4.79 Å². The number of carbonyl (C=O) groups is 1. The van der Waals surface area contributed by atoms with E-state index in [1.54, 1.807) is 11.8 Å². The van der Waals surface area contributed by atoms with Crippen molar-refractivity contribution in [1.29, 1.82) is 0 Å². The molecular weight excluding hydrogens is 232 g/mol. The van der Waals surface area contributed by atoms with E-state index in [4.69, 9.17) is 0 Å². The largest absolute Gasteiger partial charge is 0.324 e. The lowest BCUT2D eigenvalue weighted by Gasteiger charge is -2.22. The van der Waals surface area contributed by atoms with E-state index in [1.165, 1.54) is 16.9 Å². The molecule has 0 spiro atoms. The quantitative estimate of drug-likeness (QED) is 0.800. The van der Waals surface area contributed by atoms with Crippen LogP contribution in [0.1, 0.15) is 24.8 Å². The molecule has 0 bridgehead atoms. The SMILES string of the molecule is CC1Sc2ccc(C3CCNC3)cc2NC1=O. The molecule has 1 aromatic carbocycles. The minimum Gasteiger partial charge on any atom is -0.324 e. The average molecular weight is 248 g/mol. The van der Waals surface area contributed by atoms with E-state index >= 15 is 0 Å². The molecule has 0 radical (unpaired) electrons. The third-order valence-electron chi connectivity index (χ3n) is 3.47. The molecule has 3 nitrogen and oxygen atoms in total. The van der Waals surface area contributed by atoms with Crippen LogP contribution in [0.15, 0.2) is 23.1 Å². The maximum atomic E-state index is 11.6. The molecule has 2 aliphatic heterocycles.